The van der Waals surface area contributed by atoms with E-state index in [-0.39, 0.29) is 24.0 Å². The van der Waals surface area contributed by atoms with E-state index < -0.39 is 0 Å². The number of aryl methyl sites for hydroxylation is 2. The van der Waals surface area contributed by atoms with Crippen LogP contribution >= 0.6 is 24.0 Å². The average molecular weight is 440 g/mol. The minimum atomic E-state index is 0. The van der Waals surface area contributed by atoms with Crippen molar-refractivity contribution in [3.05, 3.63) is 58.9 Å². The predicted octanol–water partition coefficient (Wildman–Crippen LogP) is 3.19. The molecule has 1 aromatic heterocycles. The van der Waals surface area contributed by atoms with E-state index in [9.17, 15) is 0 Å². The van der Waals surface area contributed by atoms with Crippen LogP contribution in [0.5, 0.6) is 5.75 Å². The molecule has 130 valence electrons. The van der Waals surface area contributed by atoms with Gasteiger partial charge in [-0.3, -0.25) is 9.98 Å². The summed E-state index contributed by atoms with van der Waals surface area (Å²) in [5.74, 6) is 1.62. The summed E-state index contributed by atoms with van der Waals surface area (Å²) in [7, 11) is 3.44. The molecule has 0 bridgehead atoms. The molecular weight excluding hydrogens is 415 g/mol. The second-order valence-electron chi connectivity index (χ2n) is 5.36. The minimum absolute atomic E-state index is 0. The first-order chi connectivity index (χ1) is 11.1. The van der Waals surface area contributed by atoms with Crippen LogP contribution in [0.2, 0.25) is 0 Å². The quantitative estimate of drug-likeness (QED) is 0.426. The SMILES string of the molecule is CN=C(NCc1cccc(C)n1)NCc1ccc(C)cc1OC.I. The Morgan fingerprint density at radius 3 is 2.54 bits per heavy atom. The van der Waals surface area contributed by atoms with E-state index in [4.69, 9.17) is 4.74 Å². The van der Waals surface area contributed by atoms with Gasteiger partial charge in [-0.05, 0) is 37.6 Å². The van der Waals surface area contributed by atoms with Gasteiger partial charge < -0.3 is 15.4 Å². The minimum Gasteiger partial charge on any atom is -0.496 e. The Morgan fingerprint density at radius 1 is 1.12 bits per heavy atom. The number of aromatic nitrogens is 1. The van der Waals surface area contributed by atoms with Crippen molar-refractivity contribution in [1.29, 1.82) is 0 Å². The number of pyridine rings is 1. The molecule has 5 nitrogen and oxygen atoms in total. The number of rotatable bonds is 5. The molecule has 0 aliphatic carbocycles. The molecule has 2 rings (SSSR count). The van der Waals surface area contributed by atoms with Crippen LogP contribution in [0.1, 0.15) is 22.5 Å². The maximum absolute atomic E-state index is 5.42. The van der Waals surface area contributed by atoms with Gasteiger partial charge in [0, 0.05) is 24.8 Å². The zero-order valence-corrected chi connectivity index (χ0v) is 16.9. The average Bonchev–Trinajstić information content (AvgIpc) is 2.56. The van der Waals surface area contributed by atoms with E-state index >= 15 is 0 Å². The highest BCUT2D eigenvalue weighted by Gasteiger charge is 2.05. The monoisotopic (exact) mass is 440 g/mol. The van der Waals surface area contributed by atoms with Gasteiger partial charge >= 0.3 is 0 Å². The number of guanidine groups is 1. The number of benzene rings is 1. The molecule has 2 aromatic rings. The summed E-state index contributed by atoms with van der Waals surface area (Å²) < 4.78 is 5.42. The Balaban J connectivity index is 0.00000288. The predicted molar refractivity (Wildman–Crippen MR) is 109 cm³/mol. The maximum atomic E-state index is 5.42. The molecule has 0 amide bonds. The largest absolute Gasteiger partial charge is 0.496 e. The number of halogens is 1. The highest BCUT2D eigenvalue weighted by molar-refractivity contribution is 14.0. The molecule has 0 saturated heterocycles. The molecule has 0 spiro atoms. The Bertz CT molecular complexity index is 688. The molecular formula is C18H25IN4O. The fraction of sp³-hybridized carbons (Fsp3) is 0.333. The zero-order chi connectivity index (χ0) is 16.7. The smallest absolute Gasteiger partial charge is 0.191 e. The molecule has 0 radical (unpaired) electrons. The molecule has 0 fully saturated rings. The maximum Gasteiger partial charge on any atom is 0.191 e. The molecule has 0 saturated carbocycles. The Kier molecular flexibility index (Phi) is 8.53. The molecule has 24 heavy (non-hydrogen) atoms. The summed E-state index contributed by atoms with van der Waals surface area (Å²) in [6, 6.07) is 12.2. The zero-order valence-electron chi connectivity index (χ0n) is 14.6. The van der Waals surface area contributed by atoms with Gasteiger partial charge in [0.05, 0.1) is 19.3 Å². The summed E-state index contributed by atoms with van der Waals surface area (Å²) in [4.78, 5) is 8.71. The number of methoxy groups -OCH3 is 1. The van der Waals surface area contributed by atoms with Crippen LogP contribution in [0.15, 0.2) is 41.4 Å². The Hall–Kier alpha value is -1.83. The van der Waals surface area contributed by atoms with E-state index in [2.05, 4.69) is 39.7 Å². The molecule has 6 heteroatoms. The van der Waals surface area contributed by atoms with Crippen molar-refractivity contribution in [1.82, 2.24) is 15.6 Å². The van der Waals surface area contributed by atoms with Crippen molar-refractivity contribution in [3.8, 4) is 5.75 Å². The van der Waals surface area contributed by atoms with Gasteiger partial charge in [0.25, 0.3) is 0 Å². The van der Waals surface area contributed by atoms with Crippen molar-refractivity contribution < 1.29 is 4.74 Å². The van der Waals surface area contributed by atoms with Gasteiger partial charge in [-0.2, -0.15) is 0 Å². The lowest BCUT2D eigenvalue weighted by Crippen LogP contribution is -2.36. The second-order valence-corrected chi connectivity index (χ2v) is 5.36. The number of hydrogen-bond acceptors (Lipinski definition) is 3. The van der Waals surface area contributed by atoms with E-state index in [1.54, 1.807) is 14.2 Å². The first-order valence-electron chi connectivity index (χ1n) is 7.63. The molecule has 0 aliphatic rings. The molecule has 0 unspecified atom stereocenters. The summed E-state index contributed by atoms with van der Waals surface area (Å²) >= 11 is 0. The highest BCUT2D eigenvalue weighted by Crippen LogP contribution is 2.19. The van der Waals surface area contributed by atoms with Crippen molar-refractivity contribution >= 4 is 29.9 Å². The molecule has 0 aliphatic heterocycles. The molecule has 1 heterocycles. The third-order valence-electron chi connectivity index (χ3n) is 3.50. The van der Waals surface area contributed by atoms with Gasteiger partial charge in [-0.25, -0.2) is 0 Å². The molecule has 0 atom stereocenters. The molecule has 2 N–H and O–H groups in total. The topological polar surface area (TPSA) is 58.5 Å². The third-order valence-corrected chi connectivity index (χ3v) is 3.50. The second kappa shape index (κ2) is 10.1. The van der Waals surface area contributed by atoms with E-state index in [1.807, 2.05) is 31.2 Å². The van der Waals surface area contributed by atoms with Crippen LogP contribution in [0.25, 0.3) is 0 Å². The van der Waals surface area contributed by atoms with Crippen LogP contribution in [0.4, 0.5) is 0 Å². The van der Waals surface area contributed by atoms with Crippen molar-refractivity contribution in [3.63, 3.8) is 0 Å². The van der Waals surface area contributed by atoms with Crippen LogP contribution in [-0.4, -0.2) is 25.1 Å². The van der Waals surface area contributed by atoms with Crippen molar-refractivity contribution in [2.45, 2.75) is 26.9 Å². The van der Waals surface area contributed by atoms with Gasteiger partial charge in [0.1, 0.15) is 5.75 Å². The first kappa shape index (κ1) is 20.2. The van der Waals surface area contributed by atoms with Crippen LogP contribution in [-0.2, 0) is 13.1 Å². The standard InChI is InChI=1S/C18H24N4O.HI/c1-13-8-9-15(17(10-13)23-4)11-20-18(19-3)21-12-16-7-5-6-14(2)22-16;/h5-10H,11-12H2,1-4H3,(H2,19,20,21);1H. The van der Waals surface area contributed by atoms with Crippen LogP contribution < -0.4 is 15.4 Å². The van der Waals surface area contributed by atoms with Gasteiger partial charge in [0.15, 0.2) is 5.96 Å². The van der Waals surface area contributed by atoms with Gasteiger partial charge in [-0.1, -0.05) is 18.2 Å². The van der Waals surface area contributed by atoms with Crippen LogP contribution in [0, 0.1) is 13.8 Å². The number of ether oxygens (including phenoxy) is 1. The van der Waals surface area contributed by atoms with Crippen molar-refractivity contribution in [2.75, 3.05) is 14.2 Å². The van der Waals surface area contributed by atoms with Gasteiger partial charge in [0.2, 0.25) is 0 Å². The van der Waals surface area contributed by atoms with E-state index in [1.165, 1.54) is 5.56 Å². The summed E-state index contributed by atoms with van der Waals surface area (Å²) in [5.41, 5.74) is 4.27. The van der Waals surface area contributed by atoms with E-state index in [0.717, 1.165) is 28.7 Å². The summed E-state index contributed by atoms with van der Waals surface area (Å²) in [6.07, 6.45) is 0. The number of hydrogen-bond donors (Lipinski definition) is 2. The third kappa shape index (κ3) is 5.99. The summed E-state index contributed by atoms with van der Waals surface area (Å²) in [6.45, 7) is 5.31. The van der Waals surface area contributed by atoms with E-state index in [0.29, 0.717) is 13.1 Å². The number of nitrogens with zero attached hydrogens (tertiary/aromatic N) is 2. The fourth-order valence-corrected chi connectivity index (χ4v) is 2.27. The first-order valence-corrected chi connectivity index (χ1v) is 7.63. The normalized spacial score (nSPS) is 10.8. The highest BCUT2D eigenvalue weighted by atomic mass is 127. The fourth-order valence-electron chi connectivity index (χ4n) is 2.27. The molecule has 1 aromatic carbocycles. The lowest BCUT2D eigenvalue weighted by Gasteiger charge is -2.14. The van der Waals surface area contributed by atoms with Gasteiger partial charge in [-0.15, -0.1) is 24.0 Å². The lowest BCUT2D eigenvalue weighted by atomic mass is 10.1. The number of nitrogens with one attached hydrogen (secondary N) is 2. The van der Waals surface area contributed by atoms with Crippen LogP contribution in [0.3, 0.4) is 0 Å². The van der Waals surface area contributed by atoms with Crippen molar-refractivity contribution in [2.24, 2.45) is 4.99 Å². The lowest BCUT2D eigenvalue weighted by molar-refractivity contribution is 0.408. The Morgan fingerprint density at radius 2 is 1.88 bits per heavy atom. The summed E-state index contributed by atoms with van der Waals surface area (Å²) in [5, 5.41) is 6.56. The Labute approximate surface area is 161 Å². The number of aliphatic imine (C=N–C) groups is 1.